The molecule has 1 aliphatic heterocycles. The van der Waals surface area contributed by atoms with Crippen LogP contribution in [-0.2, 0) is 9.47 Å². The van der Waals surface area contributed by atoms with Crippen molar-refractivity contribution >= 4 is 0 Å². The molecule has 0 aromatic heterocycles. The maximum atomic E-state index is 5.65. The first-order valence-electron chi connectivity index (χ1n) is 6.68. The number of hydrogen-bond donors (Lipinski definition) is 1. The topological polar surface area (TPSA) is 30.5 Å². The Hall–Kier alpha value is -0.120. The number of fused-ring (bicyclic) bond motifs is 2. The van der Waals surface area contributed by atoms with Gasteiger partial charge in [-0.25, -0.2) is 0 Å². The number of ether oxygens (including phenoxy) is 2. The van der Waals surface area contributed by atoms with Crippen molar-refractivity contribution in [2.75, 3.05) is 26.9 Å². The average Bonchev–Trinajstić information content (AvgIpc) is 3.03. The summed E-state index contributed by atoms with van der Waals surface area (Å²) in [6.07, 6.45) is 6.82. The molecule has 0 spiro atoms. The van der Waals surface area contributed by atoms with Gasteiger partial charge < -0.3 is 14.8 Å². The molecule has 3 nitrogen and oxygen atoms in total. The number of hydrogen-bond acceptors (Lipinski definition) is 3. The molecule has 3 fully saturated rings. The molecule has 1 N–H and O–H groups in total. The quantitative estimate of drug-likeness (QED) is 0.788. The van der Waals surface area contributed by atoms with Gasteiger partial charge in [-0.05, 0) is 31.1 Å². The summed E-state index contributed by atoms with van der Waals surface area (Å²) in [7, 11) is 1.82. The maximum absolute atomic E-state index is 5.65. The van der Waals surface area contributed by atoms with Crippen LogP contribution >= 0.6 is 0 Å². The van der Waals surface area contributed by atoms with Gasteiger partial charge in [0.15, 0.2) is 0 Å². The summed E-state index contributed by atoms with van der Waals surface area (Å²) >= 11 is 0. The van der Waals surface area contributed by atoms with E-state index in [4.69, 9.17) is 9.47 Å². The van der Waals surface area contributed by atoms with Crippen LogP contribution in [0.2, 0.25) is 0 Å². The molecule has 1 heterocycles. The number of methoxy groups -OCH3 is 1. The van der Waals surface area contributed by atoms with Crippen LogP contribution in [0.15, 0.2) is 0 Å². The lowest BCUT2D eigenvalue weighted by atomic mass is 9.94. The van der Waals surface area contributed by atoms with Crippen LogP contribution < -0.4 is 5.32 Å². The second-order valence-electron chi connectivity index (χ2n) is 5.85. The molecule has 2 bridgehead atoms. The van der Waals surface area contributed by atoms with Crippen LogP contribution in [0.25, 0.3) is 0 Å². The molecule has 0 aromatic rings. The Morgan fingerprint density at radius 2 is 2.31 bits per heavy atom. The minimum Gasteiger partial charge on any atom is -0.378 e. The molecule has 0 radical (unpaired) electrons. The first-order chi connectivity index (χ1) is 7.81. The Labute approximate surface area is 97.9 Å². The van der Waals surface area contributed by atoms with Gasteiger partial charge in [0.05, 0.1) is 6.61 Å². The molecule has 3 heteroatoms. The number of nitrogens with one attached hydrogen (secondary N) is 1. The van der Waals surface area contributed by atoms with Gasteiger partial charge in [-0.1, -0.05) is 6.42 Å². The maximum Gasteiger partial charge on any atom is 0.106 e. The van der Waals surface area contributed by atoms with Crippen LogP contribution in [-0.4, -0.2) is 38.5 Å². The van der Waals surface area contributed by atoms with Gasteiger partial charge in [0.1, 0.15) is 5.60 Å². The summed E-state index contributed by atoms with van der Waals surface area (Å²) < 4.78 is 11.1. The highest BCUT2D eigenvalue weighted by Gasteiger charge is 2.41. The van der Waals surface area contributed by atoms with Crippen molar-refractivity contribution in [3.63, 3.8) is 0 Å². The highest BCUT2D eigenvalue weighted by Crippen LogP contribution is 2.44. The minimum absolute atomic E-state index is 0.0398. The van der Waals surface area contributed by atoms with Crippen LogP contribution in [0.4, 0.5) is 0 Å². The zero-order valence-electron chi connectivity index (χ0n) is 10.2. The largest absolute Gasteiger partial charge is 0.378 e. The Morgan fingerprint density at radius 1 is 1.38 bits per heavy atom. The van der Waals surface area contributed by atoms with Crippen LogP contribution in [0, 0.1) is 11.8 Å². The molecule has 4 atom stereocenters. The zero-order valence-corrected chi connectivity index (χ0v) is 10.2. The molecule has 2 aliphatic carbocycles. The minimum atomic E-state index is -0.0398. The summed E-state index contributed by atoms with van der Waals surface area (Å²) in [6.45, 7) is 2.58. The van der Waals surface area contributed by atoms with E-state index >= 15 is 0 Å². The van der Waals surface area contributed by atoms with E-state index < -0.39 is 0 Å². The van der Waals surface area contributed by atoms with Crippen molar-refractivity contribution in [2.24, 2.45) is 11.8 Å². The lowest BCUT2D eigenvalue weighted by Gasteiger charge is -2.30. The van der Waals surface area contributed by atoms with Gasteiger partial charge in [0.2, 0.25) is 0 Å². The molecule has 16 heavy (non-hydrogen) atoms. The summed E-state index contributed by atoms with van der Waals surface area (Å²) in [5.41, 5.74) is -0.0398. The third-order valence-electron chi connectivity index (χ3n) is 4.92. The molecule has 0 amide bonds. The molecule has 0 aromatic carbocycles. The molecule has 3 rings (SSSR count). The lowest BCUT2D eigenvalue weighted by molar-refractivity contribution is -0.0185. The van der Waals surface area contributed by atoms with Crippen LogP contribution in [0.5, 0.6) is 0 Å². The van der Waals surface area contributed by atoms with Crippen molar-refractivity contribution in [1.29, 1.82) is 0 Å². The highest BCUT2D eigenvalue weighted by atomic mass is 16.5. The van der Waals surface area contributed by atoms with E-state index in [9.17, 15) is 0 Å². The summed E-state index contributed by atoms with van der Waals surface area (Å²) in [4.78, 5) is 0. The molecule has 2 saturated carbocycles. The summed E-state index contributed by atoms with van der Waals surface area (Å²) in [6, 6.07) is 0.756. The molecule has 92 valence electrons. The molecular formula is C13H23NO2. The van der Waals surface area contributed by atoms with Crippen molar-refractivity contribution < 1.29 is 9.47 Å². The number of rotatable bonds is 4. The third kappa shape index (κ3) is 1.89. The first-order valence-corrected chi connectivity index (χ1v) is 6.68. The summed E-state index contributed by atoms with van der Waals surface area (Å²) in [5.74, 6) is 1.96. The zero-order chi connectivity index (χ0) is 11.0. The average molecular weight is 225 g/mol. The molecule has 3 aliphatic rings. The molecule has 4 unspecified atom stereocenters. The lowest BCUT2D eigenvalue weighted by Crippen LogP contribution is -2.47. The van der Waals surface area contributed by atoms with Gasteiger partial charge in [-0.3, -0.25) is 0 Å². The Balaban J connectivity index is 1.52. The normalized spacial score (nSPS) is 46.7. The molecule has 1 saturated heterocycles. The Kier molecular flexibility index (Phi) is 2.94. The fourth-order valence-corrected chi connectivity index (χ4v) is 3.77. The van der Waals surface area contributed by atoms with E-state index in [1.807, 2.05) is 7.11 Å². The third-order valence-corrected chi connectivity index (χ3v) is 4.92. The van der Waals surface area contributed by atoms with Gasteiger partial charge >= 0.3 is 0 Å². The highest BCUT2D eigenvalue weighted by molar-refractivity contribution is 4.96. The van der Waals surface area contributed by atoms with Gasteiger partial charge in [-0.15, -0.1) is 0 Å². The summed E-state index contributed by atoms with van der Waals surface area (Å²) in [5, 5.41) is 3.74. The van der Waals surface area contributed by atoms with Crippen LogP contribution in [0.1, 0.15) is 32.1 Å². The van der Waals surface area contributed by atoms with E-state index in [0.717, 1.165) is 44.1 Å². The smallest absolute Gasteiger partial charge is 0.106 e. The van der Waals surface area contributed by atoms with Crippen molar-refractivity contribution in [2.45, 2.75) is 43.7 Å². The van der Waals surface area contributed by atoms with Gasteiger partial charge in [-0.2, -0.15) is 0 Å². The van der Waals surface area contributed by atoms with E-state index in [0.29, 0.717) is 0 Å². The second kappa shape index (κ2) is 4.28. The van der Waals surface area contributed by atoms with E-state index in [1.165, 1.54) is 25.7 Å². The standard InChI is InChI=1S/C13H23NO2/c1-15-13(4-5-16-9-13)8-14-12-7-10-2-3-11(12)6-10/h10-12,14H,2-9H2,1H3. The SMILES string of the molecule is COC1(CNC2CC3CCC2C3)CCOC1. The Bertz CT molecular complexity index is 250. The fourth-order valence-electron chi connectivity index (χ4n) is 3.77. The van der Waals surface area contributed by atoms with Crippen LogP contribution in [0.3, 0.4) is 0 Å². The van der Waals surface area contributed by atoms with Crippen molar-refractivity contribution in [1.82, 2.24) is 5.32 Å². The fraction of sp³-hybridized carbons (Fsp3) is 1.00. The predicted molar refractivity (Wildman–Crippen MR) is 62.4 cm³/mol. The van der Waals surface area contributed by atoms with Gasteiger partial charge in [0, 0.05) is 32.7 Å². The monoisotopic (exact) mass is 225 g/mol. The van der Waals surface area contributed by atoms with E-state index in [-0.39, 0.29) is 5.60 Å². The van der Waals surface area contributed by atoms with Crippen molar-refractivity contribution in [3.05, 3.63) is 0 Å². The second-order valence-corrected chi connectivity index (χ2v) is 5.85. The van der Waals surface area contributed by atoms with Crippen molar-refractivity contribution in [3.8, 4) is 0 Å². The van der Waals surface area contributed by atoms with E-state index in [2.05, 4.69) is 5.32 Å². The van der Waals surface area contributed by atoms with E-state index in [1.54, 1.807) is 0 Å². The van der Waals surface area contributed by atoms with Gasteiger partial charge in [0.25, 0.3) is 0 Å². The first kappa shape index (κ1) is 11.0. The predicted octanol–water partition coefficient (Wildman–Crippen LogP) is 1.57. The molecular weight excluding hydrogens is 202 g/mol. The Morgan fingerprint density at radius 3 is 2.88 bits per heavy atom.